The Morgan fingerprint density at radius 1 is 1.16 bits per heavy atom. The Labute approximate surface area is 116 Å². The molecule has 0 aliphatic carbocycles. The monoisotopic (exact) mass is 301 g/mol. The third-order valence-corrected chi connectivity index (χ3v) is 4.19. The maximum absolute atomic E-state index is 13.5. The van der Waals surface area contributed by atoms with Crippen molar-refractivity contribution in [3.8, 4) is 0 Å². The molecule has 0 saturated carbocycles. The summed E-state index contributed by atoms with van der Waals surface area (Å²) in [6.07, 6.45) is 0. The molecule has 2 aromatic carbocycles. The first kappa shape index (κ1) is 14.0. The van der Waals surface area contributed by atoms with Gasteiger partial charge in [0.15, 0.2) is 0 Å². The van der Waals surface area contributed by atoms with Gasteiger partial charge in [0.25, 0.3) is 0 Å². The van der Waals surface area contributed by atoms with E-state index in [1.54, 1.807) is 6.07 Å². The fourth-order valence-corrected chi connectivity index (χ4v) is 3.10. The maximum atomic E-state index is 13.5. The predicted octanol–water partition coefficient (Wildman–Crippen LogP) is 3.51. The number of benzene rings is 2. The molecule has 0 aliphatic rings. The van der Waals surface area contributed by atoms with E-state index < -0.39 is 22.4 Å². The lowest BCUT2D eigenvalue weighted by atomic mass is 10.2. The van der Waals surface area contributed by atoms with Crippen LogP contribution >= 0.6 is 11.6 Å². The molecule has 0 amide bonds. The molecule has 1 unspecified atom stereocenters. The fourth-order valence-electron chi connectivity index (χ4n) is 1.58. The summed E-state index contributed by atoms with van der Waals surface area (Å²) in [6.45, 7) is 0. The first-order chi connectivity index (χ1) is 8.99. The van der Waals surface area contributed by atoms with Crippen LogP contribution in [-0.4, -0.2) is 4.21 Å². The number of rotatable bonds is 3. The molecule has 0 bridgehead atoms. The smallest absolute Gasteiger partial charge is 0.130 e. The molecule has 0 spiro atoms. The molecule has 0 fully saturated rings. The van der Waals surface area contributed by atoms with Gasteiger partial charge in [0, 0.05) is 16.3 Å². The van der Waals surface area contributed by atoms with Gasteiger partial charge in [-0.15, -0.1) is 0 Å². The van der Waals surface area contributed by atoms with Crippen LogP contribution in [0.1, 0.15) is 5.56 Å². The van der Waals surface area contributed by atoms with Gasteiger partial charge in [-0.2, -0.15) is 0 Å². The van der Waals surface area contributed by atoms with Crippen molar-refractivity contribution in [2.24, 2.45) is 0 Å². The Kier molecular flexibility index (Phi) is 4.17. The molecule has 2 aromatic rings. The van der Waals surface area contributed by atoms with Gasteiger partial charge in [0.05, 0.1) is 21.4 Å². The molecule has 2 nitrogen and oxygen atoms in total. The highest BCUT2D eigenvalue weighted by molar-refractivity contribution is 7.84. The van der Waals surface area contributed by atoms with Crippen LogP contribution in [-0.2, 0) is 16.6 Å². The first-order valence-electron chi connectivity index (χ1n) is 5.35. The van der Waals surface area contributed by atoms with E-state index in [9.17, 15) is 13.0 Å². The van der Waals surface area contributed by atoms with Crippen LogP contribution in [0.5, 0.6) is 0 Å². The van der Waals surface area contributed by atoms with Crippen molar-refractivity contribution in [1.29, 1.82) is 0 Å². The highest BCUT2D eigenvalue weighted by Crippen LogP contribution is 2.24. The second-order valence-corrected chi connectivity index (χ2v) is 5.73. The number of hydrogen-bond acceptors (Lipinski definition) is 2. The van der Waals surface area contributed by atoms with E-state index in [0.29, 0.717) is 5.02 Å². The van der Waals surface area contributed by atoms with Crippen molar-refractivity contribution in [1.82, 2.24) is 0 Å². The van der Waals surface area contributed by atoms with Crippen molar-refractivity contribution in [2.75, 3.05) is 5.73 Å². The van der Waals surface area contributed by atoms with E-state index in [2.05, 4.69) is 0 Å². The summed E-state index contributed by atoms with van der Waals surface area (Å²) in [5.74, 6) is -1.74. The zero-order chi connectivity index (χ0) is 14.0. The highest BCUT2D eigenvalue weighted by Gasteiger charge is 2.15. The largest absolute Gasteiger partial charge is 0.398 e. The number of nitrogens with two attached hydrogens (primary N) is 1. The quantitative estimate of drug-likeness (QED) is 0.882. The molecule has 100 valence electrons. The van der Waals surface area contributed by atoms with Gasteiger partial charge in [0.2, 0.25) is 0 Å². The zero-order valence-electron chi connectivity index (χ0n) is 9.70. The fraction of sp³-hybridized carbons (Fsp3) is 0.0769. The number of hydrogen-bond donors (Lipinski definition) is 1. The number of halogens is 3. The van der Waals surface area contributed by atoms with Crippen LogP contribution in [0, 0.1) is 11.6 Å². The minimum atomic E-state index is -1.67. The van der Waals surface area contributed by atoms with Crippen LogP contribution in [0.25, 0.3) is 0 Å². The molecular weight excluding hydrogens is 292 g/mol. The summed E-state index contributed by atoms with van der Waals surface area (Å²) in [7, 11) is -1.67. The lowest BCUT2D eigenvalue weighted by Crippen LogP contribution is -2.04. The molecule has 0 heterocycles. The second kappa shape index (κ2) is 5.67. The van der Waals surface area contributed by atoms with Crippen LogP contribution in [0.15, 0.2) is 41.3 Å². The Hall–Kier alpha value is -1.46. The lowest BCUT2D eigenvalue weighted by molar-refractivity contribution is 0.564. The number of nitrogen functional groups attached to an aromatic ring is 1. The summed E-state index contributed by atoms with van der Waals surface area (Å²) < 4.78 is 39.1. The molecule has 2 rings (SSSR count). The molecular formula is C13H10ClF2NOS. The van der Waals surface area contributed by atoms with Gasteiger partial charge >= 0.3 is 0 Å². The standard InChI is InChI=1S/C13H10ClF2NOS/c14-8-4-5-12(17)13(6-8)19(18)7-9-10(15)2-1-3-11(9)16/h1-6H,7,17H2. The molecule has 1 atom stereocenters. The second-order valence-electron chi connectivity index (χ2n) is 3.87. The molecule has 0 saturated heterocycles. The van der Waals surface area contributed by atoms with E-state index in [4.69, 9.17) is 17.3 Å². The highest BCUT2D eigenvalue weighted by atomic mass is 35.5. The van der Waals surface area contributed by atoms with Gasteiger partial charge in [-0.25, -0.2) is 8.78 Å². The summed E-state index contributed by atoms with van der Waals surface area (Å²) in [5, 5.41) is 0.367. The van der Waals surface area contributed by atoms with E-state index in [-0.39, 0.29) is 21.9 Å². The Balaban J connectivity index is 2.34. The topological polar surface area (TPSA) is 43.1 Å². The van der Waals surface area contributed by atoms with Crippen LogP contribution in [0.4, 0.5) is 14.5 Å². The molecule has 0 radical (unpaired) electrons. The summed E-state index contributed by atoms with van der Waals surface area (Å²) in [4.78, 5) is 0.273. The van der Waals surface area contributed by atoms with Gasteiger partial charge in [-0.05, 0) is 30.3 Å². The van der Waals surface area contributed by atoms with Crippen molar-refractivity contribution in [3.63, 3.8) is 0 Å². The number of anilines is 1. The summed E-state index contributed by atoms with van der Waals surface area (Å²) >= 11 is 5.79. The first-order valence-corrected chi connectivity index (χ1v) is 7.05. The molecule has 19 heavy (non-hydrogen) atoms. The minimum Gasteiger partial charge on any atom is -0.398 e. The summed E-state index contributed by atoms with van der Waals surface area (Å²) in [5.41, 5.74) is 5.74. The van der Waals surface area contributed by atoms with E-state index >= 15 is 0 Å². The zero-order valence-corrected chi connectivity index (χ0v) is 11.3. The average molecular weight is 302 g/mol. The maximum Gasteiger partial charge on any atom is 0.130 e. The lowest BCUT2D eigenvalue weighted by Gasteiger charge is -2.08. The Morgan fingerprint density at radius 2 is 1.79 bits per heavy atom. The van der Waals surface area contributed by atoms with E-state index in [1.807, 2.05) is 0 Å². The SMILES string of the molecule is Nc1ccc(Cl)cc1S(=O)Cc1c(F)cccc1F. The average Bonchev–Trinajstić information content (AvgIpc) is 2.37. The third kappa shape index (κ3) is 3.11. The van der Waals surface area contributed by atoms with Crippen LogP contribution in [0.3, 0.4) is 0 Å². The Morgan fingerprint density at radius 3 is 2.42 bits per heavy atom. The van der Waals surface area contributed by atoms with Crippen LogP contribution in [0.2, 0.25) is 5.02 Å². The van der Waals surface area contributed by atoms with Crippen LogP contribution < -0.4 is 5.73 Å². The van der Waals surface area contributed by atoms with Gasteiger partial charge in [0.1, 0.15) is 11.6 Å². The van der Waals surface area contributed by atoms with Crippen molar-refractivity contribution in [2.45, 2.75) is 10.6 Å². The Bertz CT molecular complexity index is 628. The van der Waals surface area contributed by atoms with E-state index in [1.165, 1.54) is 18.2 Å². The van der Waals surface area contributed by atoms with Gasteiger partial charge in [-0.1, -0.05) is 17.7 Å². The minimum absolute atomic E-state index is 0.222. The molecule has 0 aromatic heterocycles. The van der Waals surface area contributed by atoms with Gasteiger partial charge in [-0.3, -0.25) is 4.21 Å². The summed E-state index contributed by atoms with van der Waals surface area (Å²) in [6, 6.07) is 8.00. The van der Waals surface area contributed by atoms with Gasteiger partial charge < -0.3 is 5.73 Å². The van der Waals surface area contributed by atoms with Crippen molar-refractivity contribution < 1.29 is 13.0 Å². The van der Waals surface area contributed by atoms with Crippen molar-refractivity contribution in [3.05, 3.63) is 58.6 Å². The molecule has 0 aliphatic heterocycles. The normalized spacial score (nSPS) is 12.4. The third-order valence-electron chi connectivity index (χ3n) is 2.56. The molecule has 2 N–H and O–H groups in total. The predicted molar refractivity (Wildman–Crippen MR) is 72.3 cm³/mol. The van der Waals surface area contributed by atoms with Crippen molar-refractivity contribution >= 4 is 28.1 Å². The molecule has 6 heteroatoms. The van der Waals surface area contributed by atoms with E-state index in [0.717, 1.165) is 12.1 Å².